The Balaban J connectivity index is 1.99. The minimum atomic E-state index is 0.253. The summed E-state index contributed by atoms with van der Waals surface area (Å²) in [5, 5.41) is 0. The average Bonchev–Trinajstić information content (AvgIpc) is 2.73. The maximum Gasteiger partial charge on any atom is 0.0333 e. The third kappa shape index (κ3) is 3.50. The van der Waals surface area contributed by atoms with Crippen molar-refractivity contribution in [2.75, 3.05) is 40.3 Å². The molecule has 0 radical (unpaired) electrons. The third-order valence-electron chi connectivity index (χ3n) is 5.51. The van der Waals surface area contributed by atoms with Crippen molar-refractivity contribution in [3.63, 3.8) is 0 Å². The highest BCUT2D eigenvalue weighted by Crippen LogP contribution is 2.43. The van der Waals surface area contributed by atoms with Gasteiger partial charge >= 0.3 is 0 Å². The molecule has 1 aliphatic heterocycles. The topological polar surface area (TPSA) is 32.5 Å². The summed E-state index contributed by atoms with van der Waals surface area (Å²) in [5.41, 5.74) is 6.92. The summed E-state index contributed by atoms with van der Waals surface area (Å²) < 4.78 is 0. The molecule has 2 rings (SSSR count). The van der Waals surface area contributed by atoms with Gasteiger partial charge in [-0.25, -0.2) is 0 Å². The number of hydrogen-bond donors (Lipinski definition) is 1. The maximum atomic E-state index is 6.21. The van der Waals surface area contributed by atoms with Crippen molar-refractivity contribution in [1.29, 1.82) is 0 Å². The second kappa shape index (κ2) is 5.71. The quantitative estimate of drug-likeness (QED) is 0.847. The summed E-state index contributed by atoms with van der Waals surface area (Å²) in [5.74, 6) is 0.837. The molecule has 2 atom stereocenters. The van der Waals surface area contributed by atoms with E-state index >= 15 is 0 Å². The molecule has 3 nitrogen and oxygen atoms in total. The zero-order valence-electron chi connectivity index (χ0n) is 13.4. The van der Waals surface area contributed by atoms with Crippen molar-refractivity contribution in [3.05, 3.63) is 0 Å². The van der Waals surface area contributed by atoms with Gasteiger partial charge in [0.2, 0.25) is 0 Å². The first-order valence-electron chi connectivity index (χ1n) is 7.97. The highest BCUT2D eigenvalue weighted by molar-refractivity contribution is 4.99. The lowest BCUT2D eigenvalue weighted by molar-refractivity contribution is 0.0189. The first-order valence-corrected chi connectivity index (χ1v) is 7.97. The Morgan fingerprint density at radius 3 is 2.58 bits per heavy atom. The van der Waals surface area contributed by atoms with Crippen LogP contribution in [-0.4, -0.2) is 55.6 Å². The van der Waals surface area contributed by atoms with Gasteiger partial charge in [-0.15, -0.1) is 0 Å². The molecule has 0 spiro atoms. The van der Waals surface area contributed by atoms with Crippen LogP contribution in [0.15, 0.2) is 0 Å². The van der Waals surface area contributed by atoms with E-state index in [2.05, 4.69) is 37.7 Å². The smallest absolute Gasteiger partial charge is 0.0333 e. The largest absolute Gasteiger partial charge is 0.329 e. The number of nitrogens with zero attached hydrogens (tertiary/aromatic N) is 2. The molecule has 112 valence electrons. The summed E-state index contributed by atoms with van der Waals surface area (Å²) in [7, 11) is 4.55. The van der Waals surface area contributed by atoms with E-state index < -0.39 is 0 Å². The van der Waals surface area contributed by atoms with Crippen LogP contribution in [0.5, 0.6) is 0 Å². The van der Waals surface area contributed by atoms with E-state index in [-0.39, 0.29) is 5.54 Å². The second-order valence-electron chi connectivity index (χ2n) is 7.92. The van der Waals surface area contributed by atoms with Gasteiger partial charge in [0.1, 0.15) is 0 Å². The highest BCUT2D eigenvalue weighted by Gasteiger charge is 2.42. The lowest BCUT2D eigenvalue weighted by Gasteiger charge is -2.50. The molecule has 0 aromatic carbocycles. The van der Waals surface area contributed by atoms with Gasteiger partial charge in [0.25, 0.3) is 0 Å². The van der Waals surface area contributed by atoms with Crippen molar-refractivity contribution >= 4 is 0 Å². The van der Waals surface area contributed by atoms with E-state index in [1.807, 2.05) is 0 Å². The van der Waals surface area contributed by atoms with Crippen molar-refractivity contribution in [1.82, 2.24) is 9.80 Å². The molecular formula is C16H33N3. The predicted molar refractivity (Wildman–Crippen MR) is 82.3 cm³/mol. The Kier molecular flexibility index (Phi) is 4.59. The van der Waals surface area contributed by atoms with Gasteiger partial charge in [-0.3, -0.25) is 4.90 Å². The van der Waals surface area contributed by atoms with E-state index in [4.69, 9.17) is 5.73 Å². The van der Waals surface area contributed by atoms with E-state index in [9.17, 15) is 0 Å². The SMILES string of the molecule is CN1CCC(CN(C)C2(CN)CCCC(C)(C)C2)C1. The zero-order chi connectivity index (χ0) is 14.1. The van der Waals surface area contributed by atoms with E-state index in [1.165, 1.54) is 51.7 Å². The minimum absolute atomic E-state index is 0.253. The number of nitrogens with two attached hydrogens (primary N) is 1. The van der Waals surface area contributed by atoms with Crippen LogP contribution in [0.4, 0.5) is 0 Å². The molecule has 2 N–H and O–H groups in total. The van der Waals surface area contributed by atoms with E-state index in [0.717, 1.165) is 12.5 Å². The molecule has 2 fully saturated rings. The zero-order valence-corrected chi connectivity index (χ0v) is 13.4. The van der Waals surface area contributed by atoms with Gasteiger partial charge in [0, 0.05) is 25.2 Å². The summed E-state index contributed by atoms with van der Waals surface area (Å²) in [4.78, 5) is 5.07. The first kappa shape index (κ1) is 15.3. The molecule has 2 aliphatic rings. The van der Waals surface area contributed by atoms with Crippen molar-refractivity contribution in [2.24, 2.45) is 17.1 Å². The van der Waals surface area contributed by atoms with Crippen LogP contribution >= 0.6 is 0 Å². The minimum Gasteiger partial charge on any atom is -0.329 e. The fourth-order valence-electron chi connectivity index (χ4n) is 4.38. The van der Waals surface area contributed by atoms with Crippen LogP contribution in [-0.2, 0) is 0 Å². The number of hydrogen-bond acceptors (Lipinski definition) is 3. The molecule has 3 heteroatoms. The number of likely N-dealkylation sites (N-methyl/N-ethyl adjacent to an activating group) is 1. The molecule has 19 heavy (non-hydrogen) atoms. The maximum absolute atomic E-state index is 6.21. The van der Waals surface area contributed by atoms with Crippen LogP contribution in [0.1, 0.15) is 46.0 Å². The molecule has 0 amide bonds. The summed E-state index contributed by atoms with van der Waals surface area (Å²) in [6.45, 7) is 9.38. The lowest BCUT2D eigenvalue weighted by Crippen LogP contribution is -2.57. The Morgan fingerprint density at radius 1 is 1.32 bits per heavy atom. The Hall–Kier alpha value is -0.120. The fraction of sp³-hybridized carbons (Fsp3) is 1.00. The summed E-state index contributed by atoms with van der Waals surface area (Å²) in [6.07, 6.45) is 6.58. The van der Waals surface area contributed by atoms with Gasteiger partial charge < -0.3 is 10.6 Å². The van der Waals surface area contributed by atoms with Gasteiger partial charge in [-0.2, -0.15) is 0 Å². The first-order chi connectivity index (χ1) is 8.87. The lowest BCUT2D eigenvalue weighted by atomic mass is 9.67. The fourth-order valence-corrected chi connectivity index (χ4v) is 4.38. The monoisotopic (exact) mass is 267 g/mol. The Morgan fingerprint density at radius 2 is 2.05 bits per heavy atom. The molecule has 0 bridgehead atoms. The number of rotatable bonds is 4. The molecule has 1 saturated carbocycles. The third-order valence-corrected chi connectivity index (χ3v) is 5.51. The van der Waals surface area contributed by atoms with Gasteiger partial charge in [-0.05, 0) is 57.7 Å². The van der Waals surface area contributed by atoms with Gasteiger partial charge in [0.05, 0.1) is 0 Å². The summed E-state index contributed by atoms with van der Waals surface area (Å²) in [6, 6.07) is 0. The standard InChI is InChI=1S/C16H33N3/c1-15(2)7-5-8-16(12-15,13-17)19(4)11-14-6-9-18(3)10-14/h14H,5-13,17H2,1-4H3. The normalized spacial score (nSPS) is 36.0. The van der Waals surface area contributed by atoms with Crippen LogP contribution < -0.4 is 5.73 Å². The van der Waals surface area contributed by atoms with Gasteiger partial charge in [-0.1, -0.05) is 20.3 Å². The Bertz CT molecular complexity index is 302. The van der Waals surface area contributed by atoms with E-state index in [0.29, 0.717) is 5.41 Å². The average molecular weight is 267 g/mol. The molecular weight excluding hydrogens is 234 g/mol. The van der Waals surface area contributed by atoms with Crippen LogP contribution in [0.2, 0.25) is 0 Å². The van der Waals surface area contributed by atoms with Crippen molar-refractivity contribution in [2.45, 2.75) is 51.5 Å². The van der Waals surface area contributed by atoms with Crippen LogP contribution in [0.25, 0.3) is 0 Å². The molecule has 0 aromatic heterocycles. The highest BCUT2D eigenvalue weighted by atomic mass is 15.2. The van der Waals surface area contributed by atoms with E-state index in [1.54, 1.807) is 0 Å². The molecule has 1 aliphatic carbocycles. The second-order valence-corrected chi connectivity index (χ2v) is 7.92. The van der Waals surface area contributed by atoms with Crippen LogP contribution in [0.3, 0.4) is 0 Å². The summed E-state index contributed by atoms with van der Waals surface area (Å²) >= 11 is 0. The number of likely N-dealkylation sites (tertiary alicyclic amines) is 1. The van der Waals surface area contributed by atoms with Crippen molar-refractivity contribution in [3.8, 4) is 0 Å². The van der Waals surface area contributed by atoms with Crippen LogP contribution in [0, 0.1) is 11.3 Å². The van der Waals surface area contributed by atoms with Crippen molar-refractivity contribution < 1.29 is 0 Å². The Labute approximate surface area is 119 Å². The molecule has 2 unspecified atom stereocenters. The molecule has 1 saturated heterocycles. The predicted octanol–water partition coefficient (Wildman–Crippen LogP) is 2.17. The van der Waals surface area contributed by atoms with Gasteiger partial charge in [0.15, 0.2) is 0 Å². The molecule has 0 aromatic rings. The molecule has 1 heterocycles.